The first kappa shape index (κ1) is 28.9. The Balaban J connectivity index is 1.65. The van der Waals surface area contributed by atoms with Crippen LogP contribution in [-0.4, -0.2) is 69.7 Å². The smallest absolute Gasteiger partial charge is 0.350 e. The summed E-state index contributed by atoms with van der Waals surface area (Å²) in [6, 6.07) is 8.91. The fourth-order valence-electron chi connectivity index (χ4n) is 5.51. The van der Waals surface area contributed by atoms with E-state index < -0.39 is 26.6 Å². The van der Waals surface area contributed by atoms with Crippen LogP contribution in [0.4, 0.5) is 10.2 Å². The molecule has 3 aromatic heterocycles. The average Bonchev–Trinajstić information content (AvgIpc) is 3.84. The predicted molar refractivity (Wildman–Crippen MR) is 162 cm³/mol. The number of pyridine rings is 2. The molecule has 1 aromatic carbocycles. The molecule has 4 aromatic rings. The summed E-state index contributed by atoms with van der Waals surface area (Å²) in [5.74, 6) is -0.488. The zero-order valence-electron chi connectivity index (χ0n) is 23.5. The number of aryl methyl sites for hydroxylation is 1. The quantitative estimate of drug-likeness (QED) is 0.295. The summed E-state index contributed by atoms with van der Waals surface area (Å²) in [6.07, 6.45) is 3.67. The maximum atomic E-state index is 15.0. The van der Waals surface area contributed by atoms with Crippen molar-refractivity contribution in [1.29, 1.82) is 0 Å². The Morgan fingerprint density at radius 3 is 2.58 bits per heavy atom. The second-order valence-electron chi connectivity index (χ2n) is 10.8. The number of hydrogen-bond acceptors (Lipinski definition) is 8. The lowest BCUT2D eigenvalue weighted by Gasteiger charge is -2.40. The van der Waals surface area contributed by atoms with Gasteiger partial charge in [0.1, 0.15) is 11.6 Å². The van der Waals surface area contributed by atoms with E-state index in [1.54, 1.807) is 30.0 Å². The Morgan fingerprint density at radius 2 is 1.91 bits per heavy atom. The number of halogens is 2. The van der Waals surface area contributed by atoms with E-state index in [2.05, 4.69) is 16.5 Å². The van der Waals surface area contributed by atoms with Crippen LogP contribution in [0.5, 0.6) is 0 Å². The molecule has 1 atom stereocenters. The van der Waals surface area contributed by atoms with Gasteiger partial charge >= 0.3 is 5.69 Å². The molecule has 10 nitrogen and oxygen atoms in total. The van der Waals surface area contributed by atoms with Crippen LogP contribution in [0, 0.1) is 12.7 Å². The maximum Gasteiger partial charge on any atom is 0.355 e. The van der Waals surface area contributed by atoms with E-state index in [4.69, 9.17) is 16.6 Å². The van der Waals surface area contributed by atoms with Gasteiger partial charge in [0.05, 0.1) is 27.0 Å². The summed E-state index contributed by atoms with van der Waals surface area (Å²) < 4.78 is 43.1. The SMILES string of the molecule is C=CC(=O)N1CCN(c2nc(=O)n(-c3c(C)ccnc3S(=O)(=O)C3CC3)c3nc(-c4ccccc4F)c(Cl)cc23)[C@@H](C)C1. The van der Waals surface area contributed by atoms with E-state index in [-0.39, 0.29) is 50.4 Å². The Kier molecular flexibility index (Phi) is 7.29. The highest BCUT2D eigenvalue weighted by atomic mass is 35.5. The van der Waals surface area contributed by atoms with Crippen LogP contribution in [0.1, 0.15) is 25.3 Å². The molecule has 222 valence electrons. The van der Waals surface area contributed by atoms with Crippen molar-refractivity contribution in [3.63, 3.8) is 0 Å². The second-order valence-corrected chi connectivity index (χ2v) is 13.3. The number of aromatic nitrogens is 4. The molecule has 0 bridgehead atoms. The molecule has 0 N–H and O–H groups in total. The van der Waals surface area contributed by atoms with Crippen LogP contribution in [-0.2, 0) is 14.6 Å². The van der Waals surface area contributed by atoms with Crippen molar-refractivity contribution < 1.29 is 17.6 Å². The van der Waals surface area contributed by atoms with Crippen molar-refractivity contribution >= 4 is 44.2 Å². The third-order valence-corrected chi connectivity index (χ3v) is 10.3. The molecular formula is C30H28ClFN6O4S. The van der Waals surface area contributed by atoms with Gasteiger partial charge in [-0.1, -0.05) is 30.3 Å². The molecule has 6 rings (SSSR count). The minimum atomic E-state index is -3.85. The molecule has 1 aliphatic carbocycles. The molecule has 13 heteroatoms. The highest BCUT2D eigenvalue weighted by Gasteiger charge is 2.40. The maximum absolute atomic E-state index is 15.0. The molecule has 1 saturated carbocycles. The van der Waals surface area contributed by atoms with Crippen LogP contribution < -0.4 is 10.6 Å². The number of carbonyl (C=O) groups is 1. The fourth-order valence-corrected chi connectivity index (χ4v) is 7.57. The topological polar surface area (TPSA) is 118 Å². The van der Waals surface area contributed by atoms with Gasteiger partial charge in [0.2, 0.25) is 15.7 Å². The highest BCUT2D eigenvalue weighted by Crippen LogP contribution is 2.38. The van der Waals surface area contributed by atoms with Gasteiger partial charge in [0, 0.05) is 37.4 Å². The number of benzene rings is 1. The van der Waals surface area contributed by atoms with Crippen LogP contribution in [0.25, 0.3) is 28.0 Å². The number of piperazine rings is 1. The summed E-state index contributed by atoms with van der Waals surface area (Å²) in [6.45, 7) is 8.22. The van der Waals surface area contributed by atoms with Crippen LogP contribution in [0.15, 0.2) is 65.1 Å². The molecule has 1 amide bonds. The normalized spacial score (nSPS) is 17.3. The summed E-state index contributed by atoms with van der Waals surface area (Å²) in [7, 11) is -3.85. The van der Waals surface area contributed by atoms with Crippen LogP contribution in [0.3, 0.4) is 0 Å². The lowest BCUT2D eigenvalue weighted by Crippen LogP contribution is -2.54. The third kappa shape index (κ3) is 4.98. The molecule has 4 heterocycles. The van der Waals surface area contributed by atoms with E-state index in [1.165, 1.54) is 30.5 Å². The van der Waals surface area contributed by atoms with Crippen molar-refractivity contribution in [3.8, 4) is 16.9 Å². The lowest BCUT2D eigenvalue weighted by molar-refractivity contribution is -0.126. The van der Waals surface area contributed by atoms with Crippen molar-refractivity contribution in [2.75, 3.05) is 24.5 Å². The third-order valence-electron chi connectivity index (χ3n) is 7.86. The van der Waals surface area contributed by atoms with Gasteiger partial charge in [-0.3, -0.25) is 4.79 Å². The zero-order valence-corrected chi connectivity index (χ0v) is 25.1. The van der Waals surface area contributed by atoms with E-state index in [9.17, 15) is 22.4 Å². The first-order chi connectivity index (χ1) is 20.5. The summed E-state index contributed by atoms with van der Waals surface area (Å²) in [5, 5.41) is -0.339. The van der Waals surface area contributed by atoms with Crippen LogP contribution in [0.2, 0.25) is 5.02 Å². The van der Waals surface area contributed by atoms with E-state index in [1.807, 2.05) is 11.8 Å². The van der Waals surface area contributed by atoms with Crippen LogP contribution >= 0.6 is 11.6 Å². The first-order valence-electron chi connectivity index (χ1n) is 13.8. The Hall–Kier alpha value is -4.16. The number of sulfone groups is 1. The lowest BCUT2D eigenvalue weighted by atomic mass is 10.1. The molecule has 0 spiro atoms. The minimum absolute atomic E-state index is 0.0483. The molecule has 0 unspecified atom stereocenters. The van der Waals surface area contributed by atoms with E-state index in [0.717, 1.165) is 4.57 Å². The van der Waals surface area contributed by atoms with Gasteiger partial charge in [-0.25, -0.2) is 32.1 Å². The fraction of sp³-hybridized carbons (Fsp3) is 0.300. The Labute approximate surface area is 252 Å². The number of rotatable bonds is 6. The van der Waals surface area contributed by atoms with Gasteiger partial charge in [-0.15, -0.1) is 0 Å². The van der Waals surface area contributed by atoms with E-state index >= 15 is 0 Å². The first-order valence-corrected chi connectivity index (χ1v) is 15.7. The standard InChI is InChI=1S/C30H28ClFN6O4S/c1-4-24(39)36-13-14-37(18(3)16-36)27-21-15-22(31)25(20-7-5-6-8-23(20)32)34-28(21)38(30(40)35-27)26-17(2)11-12-33-29(26)43(41,42)19-9-10-19/h4-8,11-12,15,18-19H,1,9-10,13-14,16H2,2-3H3/t18-/m0/s1. The monoisotopic (exact) mass is 622 g/mol. The Morgan fingerprint density at radius 1 is 1.16 bits per heavy atom. The Bertz CT molecular complexity index is 1980. The van der Waals surface area contributed by atoms with Gasteiger partial charge in [-0.05, 0) is 62.6 Å². The number of amides is 1. The number of nitrogens with zero attached hydrogens (tertiary/aromatic N) is 6. The van der Waals surface area contributed by atoms with Gasteiger partial charge in [-0.2, -0.15) is 4.98 Å². The molecule has 43 heavy (non-hydrogen) atoms. The van der Waals surface area contributed by atoms with Crippen molar-refractivity contribution in [1.82, 2.24) is 24.4 Å². The van der Waals surface area contributed by atoms with Gasteiger partial charge in [0.15, 0.2) is 10.7 Å². The average molecular weight is 623 g/mol. The van der Waals surface area contributed by atoms with Crippen molar-refractivity contribution in [3.05, 3.63) is 82.1 Å². The molecule has 1 saturated heterocycles. The van der Waals surface area contributed by atoms with Gasteiger partial charge in [0.25, 0.3) is 0 Å². The largest absolute Gasteiger partial charge is 0.355 e. The summed E-state index contributed by atoms with van der Waals surface area (Å²) >= 11 is 6.73. The molecule has 2 aliphatic rings. The number of fused-ring (bicyclic) bond motifs is 1. The van der Waals surface area contributed by atoms with Crippen molar-refractivity contribution in [2.45, 2.75) is 43.0 Å². The molecule has 2 fully saturated rings. The number of anilines is 1. The highest BCUT2D eigenvalue weighted by molar-refractivity contribution is 7.92. The van der Waals surface area contributed by atoms with Crippen molar-refractivity contribution in [2.24, 2.45) is 0 Å². The van der Waals surface area contributed by atoms with Gasteiger partial charge < -0.3 is 9.80 Å². The number of carbonyl (C=O) groups excluding carboxylic acids is 1. The molecular weight excluding hydrogens is 595 g/mol. The van der Waals surface area contributed by atoms with E-state index in [0.29, 0.717) is 43.4 Å². The minimum Gasteiger partial charge on any atom is -0.350 e. The molecule has 1 aliphatic heterocycles. The number of hydrogen-bond donors (Lipinski definition) is 0. The second kappa shape index (κ2) is 10.8. The zero-order chi connectivity index (χ0) is 30.6. The summed E-state index contributed by atoms with van der Waals surface area (Å²) in [4.78, 5) is 43.2. The molecule has 0 radical (unpaired) electrons. The summed E-state index contributed by atoms with van der Waals surface area (Å²) in [5.41, 5.74) is -0.00573. The predicted octanol–water partition coefficient (Wildman–Crippen LogP) is 4.10.